The molecule has 1 aromatic heterocycles. The van der Waals surface area contributed by atoms with E-state index in [0.29, 0.717) is 37.6 Å². The number of nitrogens with zero attached hydrogens (tertiary/aromatic N) is 3. The molecule has 2 amide bonds. The highest BCUT2D eigenvalue weighted by Crippen LogP contribution is 2.34. The van der Waals surface area contributed by atoms with Crippen molar-refractivity contribution in [2.75, 3.05) is 13.1 Å². The number of aryl methyl sites for hydroxylation is 3. The molecule has 190 valence electrons. The molecular weight excluding hydrogens is 444 g/mol. The van der Waals surface area contributed by atoms with Crippen LogP contribution in [0.15, 0.2) is 22.7 Å². The van der Waals surface area contributed by atoms with Crippen molar-refractivity contribution in [2.45, 2.75) is 96.6 Å². The molecule has 0 bridgehead atoms. The molecule has 1 saturated heterocycles. The number of hydrogen-bond acceptors (Lipinski definition) is 6. The Hall–Kier alpha value is -2.90. The van der Waals surface area contributed by atoms with Crippen LogP contribution in [0.3, 0.4) is 0 Å². The molecule has 8 heteroatoms. The van der Waals surface area contributed by atoms with Gasteiger partial charge in [-0.05, 0) is 37.8 Å². The van der Waals surface area contributed by atoms with Crippen molar-refractivity contribution in [3.8, 4) is 5.75 Å². The van der Waals surface area contributed by atoms with E-state index in [0.717, 1.165) is 68.2 Å². The first-order valence-corrected chi connectivity index (χ1v) is 13.0. The number of para-hydroxylation sites is 1. The molecule has 1 aliphatic heterocycles. The van der Waals surface area contributed by atoms with Crippen LogP contribution in [0.25, 0.3) is 0 Å². The van der Waals surface area contributed by atoms with E-state index in [1.807, 2.05) is 11.0 Å². The van der Waals surface area contributed by atoms with Crippen molar-refractivity contribution < 1.29 is 18.8 Å². The number of aromatic nitrogens is 2. The molecule has 2 aromatic rings. The Balaban J connectivity index is 1.29. The Morgan fingerprint density at radius 2 is 1.77 bits per heavy atom. The number of carbonyl (C=O) groups excluding carboxylic acids is 2. The minimum atomic E-state index is -0.564. The van der Waals surface area contributed by atoms with Crippen molar-refractivity contribution in [1.82, 2.24) is 20.4 Å². The minimum absolute atomic E-state index is 0.0848. The first-order valence-electron chi connectivity index (χ1n) is 13.0. The number of benzene rings is 1. The second-order valence-electron chi connectivity index (χ2n) is 10.1. The Morgan fingerprint density at radius 3 is 2.40 bits per heavy atom. The Labute approximate surface area is 207 Å². The number of ether oxygens (including phenoxy) is 1. The second kappa shape index (κ2) is 11.2. The lowest BCUT2D eigenvalue weighted by Gasteiger charge is -2.32. The summed E-state index contributed by atoms with van der Waals surface area (Å²) in [5.74, 6) is 1.98. The number of nitrogens with one attached hydrogen (secondary N) is 1. The van der Waals surface area contributed by atoms with Gasteiger partial charge in [0.15, 0.2) is 5.82 Å². The van der Waals surface area contributed by atoms with E-state index >= 15 is 0 Å². The van der Waals surface area contributed by atoms with E-state index in [4.69, 9.17) is 9.26 Å². The van der Waals surface area contributed by atoms with Gasteiger partial charge in [0.1, 0.15) is 17.4 Å². The smallest absolute Gasteiger partial charge is 0.227 e. The van der Waals surface area contributed by atoms with Crippen molar-refractivity contribution in [3.63, 3.8) is 0 Å². The number of likely N-dealkylation sites (tertiary alicyclic amines) is 1. The summed E-state index contributed by atoms with van der Waals surface area (Å²) in [7, 11) is 0. The molecule has 35 heavy (non-hydrogen) atoms. The number of rotatable bonds is 7. The van der Waals surface area contributed by atoms with Gasteiger partial charge >= 0.3 is 0 Å². The van der Waals surface area contributed by atoms with Gasteiger partial charge in [0.25, 0.3) is 0 Å². The molecule has 4 rings (SSSR count). The van der Waals surface area contributed by atoms with E-state index in [1.54, 1.807) is 0 Å². The standard InChI is InChI=1S/C27H38N4O4/c1-19-9-8-10-20(2)25(19)34-22-13-17-31(18-14-22)24(33)12-11-23-28-26(30-35-23)27(29-21(3)32)15-6-4-5-7-16-27/h8-10,22H,4-7,11-18H2,1-3H3,(H,29,32). The molecule has 1 saturated carbocycles. The van der Waals surface area contributed by atoms with Gasteiger partial charge in [-0.3, -0.25) is 9.59 Å². The molecule has 2 fully saturated rings. The number of hydrogen-bond donors (Lipinski definition) is 1. The maximum Gasteiger partial charge on any atom is 0.227 e. The van der Waals surface area contributed by atoms with Crippen LogP contribution >= 0.6 is 0 Å². The number of carbonyl (C=O) groups is 2. The quantitative estimate of drug-likeness (QED) is 0.589. The predicted octanol–water partition coefficient (Wildman–Crippen LogP) is 4.37. The zero-order valence-electron chi connectivity index (χ0n) is 21.3. The zero-order valence-corrected chi connectivity index (χ0v) is 21.3. The van der Waals surface area contributed by atoms with Crippen LogP contribution in [0.4, 0.5) is 0 Å². The Morgan fingerprint density at radius 1 is 1.11 bits per heavy atom. The van der Waals surface area contributed by atoms with Gasteiger partial charge in [-0.1, -0.05) is 49.0 Å². The summed E-state index contributed by atoms with van der Waals surface area (Å²) in [4.78, 5) is 31.3. The summed E-state index contributed by atoms with van der Waals surface area (Å²) in [5, 5.41) is 7.32. The van der Waals surface area contributed by atoms with Gasteiger partial charge in [-0.15, -0.1) is 0 Å². The first kappa shape index (κ1) is 25.2. The third kappa shape index (κ3) is 6.21. The second-order valence-corrected chi connectivity index (χ2v) is 10.1. The minimum Gasteiger partial charge on any atom is -0.490 e. The van der Waals surface area contributed by atoms with Gasteiger partial charge in [-0.2, -0.15) is 4.98 Å². The third-order valence-corrected chi connectivity index (χ3v) is 7.31. The fourth-order valence-electron chi connectivity index (χ4n) is 5.37. The molecule has 2 heterocycles. The van der Waals surface area contributed by atoms with Crippen LogP contribution in [0.5, 0.6) is 5.75 Å². The molecule has 8 nitrogen and oxygen atoms in total. The van der Waals surface area contributed by atoms with Gasteiger partial charge in [-0.25, -0.2) is 0 Å². The van der Waals surface area contributed by atoms with Crippen LogP contribution in [0, 0.1) is 13.8 Å². The molecule has 2 aliphatic rings. The lowest BCUT2D eigenvalue weighted by Crippen LogP contribution is -2.45. The molecular formula is C27H38N4O4. The molecule has 0 spiro atoms. The molecule has 1 aliphatic carbocycles. The van der Waals surface area contributed by atoms with E-state index in [2.05, 4.69) is 41.4 Å². The largest absolute Gasteiger partial charge is 0.490 e. The summed E-state index contributed by atoms with van der Waals surface area (Å²) in [5.41, 5.74) is 1.73. The van der Waals surface area contributed by atoms with Gasteiger partial charge < -0.3 is 19.5 Å². The van der Waals surface area contributed by atoms with E-state index in [9.17, 15) is 9.59 Å². The van der Waals surface area contributed by atoms with Crippen molar-refractivity contribution in [3.05, 3.63) is 41.0 Å². The maximum absolute atomic E-state index is 12.8. The van der Waals surface area contributed by atoms with Crippen molar-refractivity contribution in [2.24, 2.45) is 0 Å². The lowest BCUT2D eigenvalue weighted by molar-refractivity contribution is -0.133. The van der Waals surface area contributed by atoms with Crippen LogP contribution in [0.2, 0.25) is 0 Å². The average Bonchev–Trinajstić information content (AvgIpc) is 3.20. The van der Waals surface area contributed by atoms with E-state index in [-0.39, 0.29) is 17.9 Å². The van der Waals surface area contributed by atoms with Crippen LogP contribution in [0.1, 0.15) is 87.6 Å². The summed E-state index contributed by atoms with van der Waals surface area (Å²) in [6.45, 7) is 7.04. The third-order valence-electron chi connectivity index (χ3n) is 7.31. The first-order chi connectivity index (χ1) is 16.9. The van der Waals surface area contributed by atoms with Crippen LogP contribution < -0.4 is 10.1 Å². The average molecular weight is 483 g/mol. The SMILES string of the molecule is CC(=O)NC1(c2noc(CCC(=O)N3CCC(Oc4c(C)cccc4C)CC3)n2)CCCCCC1. The van der Waals surface area contributed by atoms with E-state index < -0.39 is 5.54 Å². The lowest BCUT2D eigenvalue weighted by atomic mass is 9.89. The summed E-state index contributed by atoms with van der Waals surface area (Å²) >= 11 is 0. The topological polar surface area (TPSA) is 97.6 Å². The van der Waals surface area contributed by atoms with E-state index in [1.165, 1.54) is 6.92 Å². The molecule has 0 atom stereocenters. The van der Waals surface area contributed by atoms with Gasteiger partial charge in [0.05, 0.1) is 0 Å². The number of piperidine rings is 1. The summed E-state index contributed by atoms with van der Waals surface area (Å²) in [6, 6.07) is 6.18. The number of amides is 2. The Kier molecular flexibility index (Phi) is 8.08. The monoisotopic (exact) mass is 482 g/mol. The molecule has 1 N–H and O–H groups in total. The molecule has 1 aromatic carbocycles. The van der Waals surface area contributed by atoms with Gasteiger partial charge in [0, 0.05) is 45.7 Å². The Bertz CT molecular complexity index is 998. The molecule has 0 radical (unpaired) electrons. The predicted molar refractivity (Wildman–Crippen MR) is 132 cm³/mol. The normalized spacial score (nSPS) is 18.7. The van der Waals surface area contributed by atoms with Gasteiger partial charge in [0.2, 0.25) is 17.7 Å². The fourth-order valence-corrected chi connectivity index (χ4v) is 5.37. The van der Waals surface area contributed by atoms with Crippen LogP contribution in [-0.2, 0) is 21.5 Å². The summed E-state index contributed by atoms with van der Waals surface area (Å²) in [6.07, 6.45) is 8.46. The van der Waals surface area contributed by atoms with Crippen molar-refractivity contribution in [1.29, 1.82) is 0 Å². The highest BCUT2D eigenvalue weighted by Gasteiger charge is 2.38. The van der Waals surface area contributed by atoms with Crippen LogP contribution in [-0.4, -0.2) is 46.0 Å². The highest BCUT2D eigenvalue weighted by molar-refractivity contribution is 5.76. The summed E-state index contributed by atoms with van der Waals surface area (Å²) < 4.78 is 11.8. The maximum atomic E-state index is 12.8. The highest BCUT2D eigenvalue weighted by atomic mass is 16.5. The fraction of sp³-hybridized carbons (Fsp3) is 0.630. The zero-order chi connectivity index (χ0) is 24.8. The molecule has 0 unspecified atom stereocenters. The van der Waals surface area contributed by atoms with Crippen molar-refractivity contribution >= 4 is 11.8 Å².